The predicted octanol–water partition coefficient (Wildman–Crippen LogP) is 2.13. The number of carboxylic acids is 1. The zero-order valence-electron chi connectivity index (χ0n) is 8.73. The van der Waals surface area contributed by atoms with E-state index in [1.54, 1.807) is 6.07 Å². The lowest BCUT2D eigenvalue weighted by Gasteiger charge is -2.11. The van der Waals surface area contributed by atoms with Crippen LogP contribution >= 0.6 is 0 Å². The number of nitrogen functional groups attached to an aromatic ring is 1. The zero-order chi connectivity index (χ0) is 11.7. The van der Waals surface area contributed by atoms with Crippen molar-refractivity contribution in [2.75, 3.05) is 12.8 Å². The van der Waals surface area contributed by atoms with Gasteiger partial charge in [-0.1, -0.05) is 24.3 Å². The molecule has 0 amide bonds. The Kier molecular flexibility index (Phi) is 2.40. The molecule has 0 unspecified atom stereocenters. The number of benzene rings is 2. The molecular weight excluding hydrogens is 206 g/mol. The molecule has 0 aliphatic carbocycles. The Morgan fingerprint density at radius 1 is 1.38 bits per heavy atom. The monoisotopic (exact) mass is 217 g/mol. The molecule has 2 aromatic carbocycles. The molecule has 3 N–H and O–H groups in total. The number of carbonyl (C=O) groups is 1. The molecular formula is C12H11NO3. The van der Waals surface area contributed by atoms with Crippen molar-refractivity contribution in [1.29, 1.82) is 0 Å². The Bertz CT molecular complexity index is 563. The molecule has 0 aliphatic rings. The molecule has 0 aromatic heterocycles. The van der Waals surface area contributed by atoms with Gasteiger partial charge in [0, 0.05) is 5.39 Å². The van der Waals surface area contributed by atoms with Crippen LogP contribution in [0.3, 0.4) is 0 Å². The number of ether oxygens (including phenoxy) is 1. The van der Waals surface area contributed by atoms with E-state index in [4.69, 9.17) is 15.6 Å². The van der Waals surface area contributed by atoms with Crippen LogP contribution in [0.15, 0.2) is 30.3 Å². The summed E-state index contributed by atoms with van der Waals surface area (Å²) in [5.74, 6) is -0.833. The Hall–Kier alpha value is -2.23. The van der Waals surface area contributed by atoms with E-state index in [1.807, 2.05) is 24.3 Å². The highest BCUT2D eigenvalue weighted by molar-refractivity contribution is 6.04. The van der Waals surface area contributed by atoms with E-state index in [-0.39, 0.29) is 11.3 Å². The van der Waals surface area contributed by atoms with Crippen LogP contribution in [0.1, 0.15) is 10.4 Å². The summed E-state index contributed by atoms with van der Waals surface area (Å²) in [6.45, 7) is 0. The van der Waals surface area contributed by atoms with Crippen LogP contribution in [-0.4, -0.2) is 18.2 Å². The number of anilines is 1. The van der Waals surface area contributed by atoms with Crippen LogP contribution < -0.4 is 10.5 Å². The molecule has 0 atom stereocenters. The maximum Gasteiger partial charge on any atom is 0.339 e. The van der Waals surface area contributed by atoms with Crippen molar-refractivity contribution in [3.8, 4) is 5.75 Å². The third-order valence-corrected chi connectivity index (χ3v) is 2.47. The van der Waals surface area contributed by atoms with Gasteiger partial charge in [-0.05, 0) is 11.5 Å². The summed E-state index contributed by atoms with van der Waals surface area (Å²) >= 11 is 0. The van der Waals surface area contributed by atoms with Crippen molar-refractivity contribution in [2.45, 2.75) is 0 Å². The summed E-state index contributed by atoms with van der Waals surface area (Å²) < 4.78 is 5.04. The van der Waals surface area contributed by atoms with Crippen molar-refractivity contribution in [1.82, 2.24) is 0 Å². The van der Waals surface area contributed by atoms with Gasteiger partial charge in [-0.3, -0.25) is 0 Å². The quantitative estimate of drug-likeness (QED) is 0.756. The van der Waals surface area contributed by atoms with E-state index < -0.39 is 5.97 Å². The number of methoxy groups -OCH3 is 1. The third kappa shape index (κ3) is 1.44. The normalized spacial score (nSPS) is 10.3. The van der Waals surface area contributed by atoms with Crippen LogP contribution in [0, 0.1) is 0 Å². The molecule has 0 bridgehead atoms. The minimum atomic E-state index is -1.05. The molecule has 4 heteroatoms. The summed E-state index contributed by atoms with van der Waals surface area (Å²) in [7, 11) is 1.41. The number of aromatic carboxylic acids is 1. The molecule has 0 fully saturated rings. The summed E-state index contributed by atoms with van der Waals surface area (Å²) in [5, 5.41) is 10.6. The van der Waals surface area contributed by atoms with Gasteiger partial charge in [-0.25, -0.2) is 4.79 Å². The van der Waals surface area contributed by atoms with Crippen molar-refractivity contribution in [2.24, 2.45) is 0 Å². The molecule has 2 aromatic rings. The summed E-state index contributed by atoms with van der Waals surface area (Å²) in [6, 6.07) is 8.89. The standard InChI is InChI=1S/C12H11NO3/c1-16-11-9(12(14)15)6-7-4-2-3-5-8(7)10(11)13/h2-6H,13H2,1H3,(H,14,15). The Morgan fingerprint density at radius 3 is 2.69 bits per heavy atom. The number of hydrogen-bond donors (Lipinski definition) is 2. The fraction of sp³-hybridized carbons (Fsp3) is 0.0833. The fourth-order valence-electron chi connectivity index (χ4n) is 1.74. The molecule has 4 nitrogen and oxygen atoms in total. The lowest BCUT2D eigenvalue weighted by Crippen LogP contribution is -2.04. The molecule has 0 aliphatic heterocycles. The summed E-state index contributed by atoms with van der Waals surface area (Å²) in [4.78, 5) is 11.0. The second-order valence-electron chi connectivity index (χ2n) is 3.40. The number of carboxylic acid groups (broad SMARTS) is 1. The van der Waals surface area contributed by atoms with E-state index in [1.165, 1.54) is 7.11 Å². The van der Waals surface area contributed by atoms with E-state index in [2.05, 4.69) is 0 Å². The van der Waals surface area contributed by atoms with Crippen LogP contribution in [0.5, 0.6) is 5.75 Å². The first kappa shape index (κ1) is 10.3. The SMILES string of the molecule is COc1c(C(=O)O)cc2ccccc2c1N. The van der Waals surface area contributed by atoms with Crippen LogP contribution in [0.4, 0.5) is 5.69 Å². The lowest BCUT2D eigenvalue weighted by molar-refractivity contribution is 0.0693. The van der Waals surface area contributed by atoms with Crippen molar-refractivity contribution < 1.29 is 14.6 Å². The molecule has 0 saturated carbocycles. The summed E-state index contributed by atoms with van der Waals surface area (Å²) in [6.07, 6.45) is 0. The minimum Gasteiger partial charge on any atom is -0.494 e. The first-order chi connectivity index (χ1) is 7.65. The van der Waals surface area contributed by atoms with Gasteiger partial charge in [0.15, 0.2) is 5.75 Å². The maximum atomic E-state index is 11.0. The van der Waals surface area contributed by atoms with Crippen LogP contribution in [0.2, 0.25) is 0 Å². The molecule has 0 radical (unpaired) electrons. The number of fused-ring (bicyclic) bond motifs is 1. The van der Waals surface area contributed by atoms with E-state index >= 15 is 0 Å². The number of rotatable bonds is 2. The molecule has 2 rings (SSSR count). The van der Waals surface area contributed by atoms with Gasteiger partial charge < -0.3 is 15.6 Å². The Morgan fingerprint density at radius 2 is 2.06 bits per heavy atom. The maximum absolute atomic E-state index is 11.0. The predicted molar refractivity (Wildman–Crippen MR) is 61.9 cm³/mol. The van der Waals surface area contributed by atoms with E-state index in [0.717, 1.165) is 10.8 Å². The van der Waals surface area contributed by atoms with Crippen molar-refractivity contribution in [3.05, 3.63) is 35.9 Å². The topological polar surface area (TPSA) is 72.5 Å². The molecule has 0 heterocycles. The molecule has 16 heavy (non-hydrogen) atoms. The fourth-order valence-corrected chi connectivity index (χ4v) is 1.74. The highest BCUT2D eigenvalue weighted by atomic mass is 16.5. The number of nitrogens with two attached hydrogens (primary N) is 1. The summed E-state index contributed by atoms with van der Waals surface area (Å²) in [5.41, 5.74) is 6.32. The zero-order valence-corrected chi connectivity index (χ0v) is 8.73. The third-order valence-electron chi connectivity index (χ3n) is 2.47. The van der Waals surface area contributed by atoms with Crippen molar-refractivity contribution in [3.63, 3.8) is 0 Å². The lowest BCUT2D eigenvalue weighted by atomic mass is 10.0. The molecule has 0 saturated heterocycles. The largest absolute Gasteiger partial charge is 0.494 e. The smallest absolute Gasteiger partial charge is 0.339 e. The van der Waals surface area contributed by atoms with E-state index in [9.17, 15) is 4.79 Å². The van der Waals surface area contributed by atoms with Crippen LogP contribution in [-0.2, 0) is 0 Å². The van der Waals surface area contributed by atoms with Gasteiger partial charge >= 0.3 is 5.97 Å². The second kappa shape index (κ2) is 3.73. The Labute approximate surface area is 92.3 Å². The average molecular weight is 217 g/mol. The number of hydrogen-bond acceptors (Lipinski definition) is 3. The van der Waals surface area contributed by atoms with Gasteiger partial charge in [0.05, 0.1) is 12.8 Å². The highest BCUT2D eigenvalue weighted by Crippen LogP contribution is 2.34. The van der Waals surface area contributed by atoms with E-state index in [0.29, 0.717) is 5.69 Å². The molecule has 0 spiro atoms. The van der Waals surface area contributed by atoms with Gasteiger partial charge in [-0.2, -0.15) is 0 Å². The Balaban J connectivity index is 2.87. The first-order valence-electron chi connectivity index (χ1n) is 4.73. The van der Waals surface area contributed by atoms with Gasteiger partial charge in [0.2, 0.25) is 0 Å². The van der Waals surface area contributed by atoms with Crippen LogP contribution in [0.25, 0.3) is 10.8 Å². The van der Waals surface area contributed by atoms with Gasteiger partial charge in [0.25, 0.3) is 0 Å². The molecule has 82 valence electrons. The second-order valence-corrected chi connectivity index (χ2v) is 3.40. The first-order valence-corrected chi connectivity index (χ1v) is 4.73. The average Bonchev–Trinajstić information content (AvgIpc) is 2.29. The minimum absolute atomic E-state index is 0.0821. The highest BCUT2D eigenvalue weighted by Gasteiger charge is 2.16. The van der Waals surface area contributed by atoms with Gasteiger partial charge in [-0.15, -0.1) is 0 Å². The van der Waals surface area contributed by atoms with Gasteiger partial charge in [0.1, 0.15) is 5.56 Å². The van der Waals surface area contributed by atoms with Crippen molar-refractivity contribution >= 4 is 22.4 Å².